The fourth-order valence-electron chi connectivity index (χ4n) is 1.31. The molecule has 0 aliphatic heterocycles. The van der Waals surface area contributed by atoms with Crippen LogP contribution in [-0.4, -0.2) is 43.2 Å². The van der Waals surface area contributed by atoms with Crippen molar-refractivity contribution < 1.29 is 9.53 Å². The van der Waals surface area contributed by atoms with E-state index in [2.05, 4.69) is 25.7 Å². The van der Waals surface area contributed by atoms with Crippen LogP contribution >= 0.6 is 0 Å². The van der Waals surface area contributed by atoms with Crippen molar-refractivity contribution in [1.82, 2.24) is 4.90 Å². The van der Waals surface area contributed by atoms with Gasteiger partial charge >= 0.3 is 5.97 Å². The van der Waals surface area contributed by atoms with Gasteiger partial charge in [-0.25, -0.2) is 0 Å². The first-order valence-corrected chi connectivity index (χ1v) is 5.52. The van der Waals surface area contributed by atoms with E-state index >= 15 is 0 Å². The zero-order valence-corrected chi connectivity index (χ0v) is 10.5. The number of hydrogen-bond acceptors (Lipinski definition) is 4. The standard InChI is InChI=1S/C11H24N2O2/c1-6-15-11(14)10(12)7-13(5)9(4)8(2)3/h8-10H,6-7,12H2,1-5H3. The number of ether oxygens (including phenoxy) is 1. The lowest BCUT2D eigenvalue weighted by Gasteiger charge is -2.29. The molecule has 0 spiro atoms. The highest BCUT2D eigenvalue weighted by Gasteiger charge is 2.20. The van der Waals surface area contributed by atoms with Crippen LogP contribution in [0.5, 0.6) is 0 Å². The van der Waals surface area contributed by atoms with Crippen molar-refractivity contribution in [3.8, 4) is 0 Å². The van der Waals surface area contributed by atoms with Gasteiger partial charge in [0.25, 0.3) is 0 Å². The zero-order chi connectivity index (χ0) is 12.0. The quantitative estimate of drug-likeness (QED) is 0.669. The van der Waals surface area contributed by atoms with Crippen LogP contribution in [0.15, 0.2) is 0 Å². The topological polar surface area (TPSA) is 55.6 Å². The minimum Gasteiger partial charge on any atom is -0.465 e. The third-order valence-electron chi connectivity index (χ3n) is 2.73. The summed E-state index contributed by atoms with van der Waals surface area (Å²) < 4.78 is 4.85. The van der Waals surface area contributed by atoms with Gasteiger partial charge in [-0.05, 0) is 26.8 Å². The van der Waals surface area contributed by atoms with Crippen molar-refractivity contribution in [1.29, 1.82) is 0 Å². The number of carbonyl (C=O) groups is 1. The average Bonchev–Trinajstić information content (AvgIpc) is 2.16. The Bertz CT molecular complexity index is 195. The predicted octanol–water partition coefficient (Wildman–Crippen LogP) is 0.853. The lowest BCUT2D eigenvalue weighted by Crippen LogP contribution is -2.46. The first-order chi connectivity index (χ1) is 6.90. The highest BCUT2D eigenvalue weighted by Crippen LogP contribution is 2.08. The molecule has 15 heavy (non-hydrogen) atoms. The Morgan fingerprint density at radius 3 is 2.33 bits per heavy atom. The third-order valence-corrected chi connectivity index (χ3v) is 2.73. The van der Waals surface area contributed by atoms with Crippen molar-refractivity contribution in [3.05, 3.63) is 0 Å². The third kappa shape index (κ3) is 5.14. The maximum atomic E-state index is 11.3. The Morgan fingerprint density at radius 2 is 1.93 bits per heavy atom. The first kappa shape index (κ1) is 14.4. The van der Waals surface area contributed by atoms with Crippen molar-refractivity contribution in [2.24, 2.45) is 11.7 Å². The van der Waals surface area contributed by atoms with Crippen molar-refractivity contribution in [3.63, 3.8) is 0 Å². The Hall–Kier alpha value is -0.610. The fourth-order valence-corrected chi connectivity index (χ4v) is 1.31. The molecule has 0 radical (unpaired) electrons. The molecule has 0 fully saturated rings. The Balaban J connectivity index is 4.05. The lowest BCUT2D eigenvalue weighted by atomic mass is 10.0. The number of rotatable bonds is 6. The number of likely N-dealkylation sites (N-methyl/N-ethyl adjacent to an activating group) is 1. The summed E-state index contributed by atoms with van der Waals surface area (Å²) in [6.45, 7) is 9.13. The Morgan fingerprint density at radius 1 is 1.40 bits per heavy atom. The molecule has 0 aliphatic rings. The van der Waals surface area contributed by atoms with Gasteiger partial charge in [0.1, 0.15) is 6.04 Å². The molecule has 4 heteroatoms. The molecule has 0 aromatic rings. The van der Waals surface area contributed by atoms with Crippen molar-refractivity contribution >= 4 is 5.97 Å². The van der Waals surface area contributed by atoms with E-state index in [0.717, 1.165) is 0 Å². The molecule has 0 heterocycles. The van der Waals surface area contributed by atoms with Gasteiger partial charge in [0, 0.05) is 12.6 Å². The van der Waals surface area contributed by atoms with Crippen molar-refractivity contribution in [2.45, 2.75) is 39.8 Å². The second kappa shape index (κ2) is 6.80. The van der Waals surface area contributed by atoms with Crippen LogP contribution in [-0.2, 0) is 9.53 Å². The van der Waals surface area contributed by atoms with Crippen LogP contribution < -0.4 is 5.73 Å². The van der Waals surface area contributed by atoms with Gasteiger partial charge in [-0.2, -0.15) is 0 Å². The summed E-state index contributed by atoms with van der Waals surface area (Å²) in [6, 6.07) is -0.137. The molecule has 0 aromatic carbocycles. The van der Waals surface area contributed by atoms with E-state index < -0.39 is 6.04 Å². The molecule has 2 unspecified atom stereocenters. The van der Waals surface area contributed by atoms with Gasteiger partial charge in [0.05, 0.1) is 6.61 Å². The van der Waals surface area contributed by atoms with Crippen LogP contribution in [0.2, 0.25) is 0 Å². The van der Waals surface area contributed by atoms with E-state index in [0.29, 0.717) is 25.1 Å². The molecule has 0 bridgehead atoms. The highest BCUT2D eigenvalue weighted by molar-refractivity contribution is 5.75. The summed E-state index contributed by atoms with van der Waals surface area (Å²) in [7, 11) is 1.98. The first-order valence-electron chi connectivity index (χ1n) is 5.52. The molecule has 90 valence electrons. The molecular weight excluding hydrogens is 192 g/mol. The number of carbonyl (C=O) groups excluding carboxylic acids is 1. The molecule has 0 saturated heterocycles. The highest BCUT2D eigenvalue weighted by atomic mass is 16.5. The molecule has 4 nitrogen and oxygen atoms in total. The smallest absolute Gasteiger partial charge is 0.324 e. The maximum Gasteiger partial charge on any atom is 0.324 e. The summed E-state index contributed by atoms with van der Waals surface area (Å²) in [5, 5.41) is 0. The van der Waals surface area contributed by atoms with Gasteiger partial charge in [0.2, 0.25) is 0 Å². The van der Waals surface area contributed by atoms with E-state index in [1.807, 2.05) is 7.05 Å². The second-order valence-corrected chi connectivity index (χ2v) is 4.28. The van der Waals surface area contributed by atoms with E-state index in [1.54, 1.807) is 6.92 Å². The van der Waals surface area contributed by atoms with Crippen LogP contribution in [0, 0.1) is 5.92 Å². The molecule has 2 N–H and O–H groups in total. The minimum absolute atomic E-state index is 0.319. The van der Waals surface area contributed by atoms with Gasteiger partial charge in [-0.15, -0.1) is 0 Å². The molecule has 0 amide bonds. The summed E-state index contributed by atoms with van der Waals surface area (Å²) >= 11 is 0. The summed E-state index contributed by atoms with van der Waals surface area (Å²) in [4.78, 5) is 13.4. The predicted molar refractivity (Wildman–Crippen MR) is 61.5 cm³/mol. The van der Waals surface area contributed by atoms with E-state index in [4.69, 9.17) is 10.5 Å². The number of esters is 1. The molecule has 2 atom stereocenters. The fraction of sp³-hybridized carbons (Fsp3) is 0.909. The molecule has 0 saturated carbocycles. The van der Waals surface area contributed by atoms with E-state index in [-0.39, 0.29) is 5.97 Å². The van der Waals surface area contributed by atoms with Gasteiger partial charge in [-0.3, -0.25) is 4.79 Å². The Kier molecular flexibility index (Phi) is 6.52. The number of hydrogen-bond donors (Lipinski definition) is 1. The van der Waals surface area contributed by atoms with Crippen LogP contribution in [0.3, 0.4) is 0 Å². The number of nitrogens with two attached hydrogens (primary N) is 1. The number of nitrogens with zero attached hydrogens (tertiary/aromatic N) is 1. The normalized spacial score (nSPS) is 15.5. The van der Waals surface area contributed by atoms with Crippen LogP contribution in [0.4, 0.5) is 0 Å². The minimum atomic E-state index is -0.545. The van der Waals surface area contributed by atoms with Crippen LogP contribution in [0.25, 0.3) is 0 Å². The van der Waals surface area contributed by atoms with E-state index in [9.17, 15) is 4.79 Å². The summed E-state index contributed by atoms with van der Waals surface area (Å²) in [5.41, 5.74) is 5.73. The SMILES string of the molecule is CCOC(=O)C(N)CN(C)C(C)C(C)C. The zero-order valence-electron chi connectivity index (χ0n) is 10.5. The molecule has 0 rings (SSSR count). The molecular formula is C11H24N2O2. The largest absolute Gasteiger partial charge is 0.465 e. The summed E-state index contributed by atoms with van der Waals surface area (Å²) in [5.74, 6) is 0.227. The maximum absolute atomic E-state index is 11.3. The Labute approximate surface area is 92.8 Å². The van der Waals surface area contributed by atoms with Gasteiger partial charge < -0.3 is 15.4 Å². The van der Waals surface area contributed by atoms with Crippen molar-refractivity contribution in [2.75, 3.05) is 20.2 Å². The summed E-state index contributed by atoms with van der Waals surface area (Å²) in [6.07, 6.45) is 0. The van der Waals surface area contributed by atoms with E-state index in [1.165, 1.54) is 0 Å². The van der Waals surface area contributed by atoms with Crippen LogP contribution in [0.1, 0.15) is 27.7 Å². The van der Waals surface area contributed by atoms with Gasteiger partial charge in [0.15, 0.2) is 0 Å². The molecule has 0 aromatic heterocycles. The second-order valence-electron chi connectivity index (χ2n) is 4.28. The van der Waals surface area contributed by atoms with Gasteiger partial charge in [-0.1, -0.05) is 13.8 Å². The average molecular weight is 216 g/mol. The lowest BCUT2D eigenvalue weighted by molar-refractivity contribution is -0.145. The monoisotopic (exact) mass is 216 g/mol. The molecule has 0 aliphatic carbocycles.